The summed E-state index contributed by atoms with van der Waals surface area (Å²) in [5.41, 5.74) is 2.07. The molecule has 1 aliphatic heterocycles. The van der Waals surface area contributed by atoms with Crippen LogP contribution < -0.4 is 19.5 Å². The first kappa shape index (κ1) is 47.2. The van der Waals surface area contributed by atoms with Crippen molar-refractivity contribution in [3.05, 3.63) is 46.1 Å². The number of hydrogen-bond acceptors (Lipinski definition) is 13. The number of fused-ring (bicyclic) bond motifs is 1. The Labute approximate surface area is 354 Å². The van der Waals surface area contributed by atoms with Crippen LogP contribution >= 0.6 is 23.2 Å². The van der Waals surface area contributed by atoms with E-state index in [9.17, 15) is 10.1 Å². The van der Waals surface area contributed by atoms with Gasteiger partial charge in [0.15, 0.2) is 11.5 Å². The molecular formula is C43H61Cl2N5O8. The van der Waals surface area contributed by atoms with E-state index < -0.39 is 0 Å². The van der Waals surface area contributed by atoms with Crippen molar-refractivity contribution in [1.29, 1.82) is 5.26 Å². The van der Waals surface area contributed by atoms with Crippen LogP contribution in [0.2, 0.25) is 10.0 Å². The molecule has 58 heavy (non-hydrogen) atoms. The number of aromatic nitrogens is 1. The summed E-state index contributed by atoms with van der Waals surface area (Å²) in [6.45, 7) is 11.9. The smallest absolute Gasteiger partial charge is 0.163 e. The molecule has 13 nitrogen and oxygen atoms in total. The van der Waals surface area contributed by atoms with Crippen LogP contribution in [0.4, 0.5) is 11.4 Å². The number of anilines is 2. The molecule has 2 heterocycles. The highest BCUT2D eigenvalue weighted by Crippen LogP contribution is 2.40. The first-order valence-corrected chi connectivity index (χ1v) is 21.3. The van der Waals surface area contributed by atoms with Gasteiger partial charge in [0.1, 0.15) is 18.1 Å². The van der Waals surface area contributed by atoms with E-state index in [0.717, 1.165) is 90.9 Å². The van der Waals surface area contributed by atoms with E-state index in [1.54, 1.807) is 19.2 Å². The van der Waals surface area contributed by atoms with Gasteiger partial charge in [0, 0.05) is 76.1 Å². The van der Waals surface area contributed by atoms with Crippen LogP contribution in [-0.2, 0) is 23.7 Å². The van der Waals surface area contributed by atoms with Crippen molar-refractivity contribution < 1.29 is 38.0 Å². The Morgan fingerprint density at radius 3 is 1.88 bits per heavy atom. The number of nitrogens with one attached hydrogen (secondary N) is 1. The van der Waals surface area contributed by atoms with E-state index in [2.05, 4.69) is 26.2 Å². The lowest BCUT2D eigenvalue weighted by molar-refractivity contribution is -0.107. The van der Waals surface area contributed by atoms with E-state index in [1.165, 1.54) is 32.6 Å². The summed E-state index contributed by atoms with van der Waals surface area (Å²) in [4.78, 5) is 19.9. The number of rotatable bonds is 31. The second kappa shape index (κ2) is 28.1. The van der Waals surface area contributed by atoms with Gasteiger partial charge in [0.05, 0.1) is 93.0 Å². The maximum atomic E-state index is 10.3. The summed E-state index contributed by atoms with van der Waals surface area (Å²) in [7, 11) is 3.12. The SMILES string of the molecule is COc1cc(Nc2c(C#N)cnc3cc(OCCCN4CCN(CCCCCCOCCOCCOCCOCCCCCC=O)CC4)c(OC)cc23)c(Cl)cc1Cl. The highest BCUT2D eigenvalue weighted by molar-refractivity contribution is 6.37. The van der Waals surface area contributed by atoms with Crippen molar-refractivity contribution >= 4 is 51.8 Å². The molecule has 0 atom stereocenters. The van der Waals surface area contributed by atoms with Crippen LogP contribution in [0.25, 0.3) is 10.9 Å². The van der Waals surface area contributed by atoms with E-state index in [1.807, 2.05) is 12.1 Å². The molecule has 2 aromatic carbocycles. The number of carbonyl (C=O) groups excluding carboxylic acids is 1. The highest BCUT2D eigenvalue weighted by Gasteiger charge is 2.18. The fourth-order valence-electron chi connectivity index (χ4n) is 6.58. The maximum Gasteiger partial charge on any atom is 0.163 e. The van der Waals surface area contributed by atoms with Gasteiger partial charge in [0.25, 0.3) is 0 Å². The first-order valence-electron chi connectivity index (χ1n) is 20.5. The lowest BCUT2D eigenvalue weighted by atomic mass is 10.1. The van der Waals surface area contributed by atoms with Crippen LogP contribution in [0.5, 0.6) is 17.2 Å². The van der Waals surface area contributed by atoms with Crippen molar-refractivity contribution in [2.75, 3.05) is 118 Å². The number of ether oxygens (including phenoxy) is 7. The number of unbranched alkanes of at least 4 members (excludes halogenated alkanes) is 6. The van der Waals surface area contributed by atoms with Gasteiger partial charge in [-0.2, -0.15) is 5.26 Å². The Bertz CT molecular complexity index is 1690. The Balaban J connectivity index is 1.02. The molecule has 0 saturated carbocycles. The topological polar surface area (TPSA) is 137 Å². The minimum absolute atomic E-state index is 0.348. The average Bonchev–Trinajstić information content (AvgIpc) is 3.24. The third kappa shape index (κ3) is 16.7. The Kier molecular flexibility index (Phi) is 22.9. The number of hydrogen-bond donors (Lipinski definition) is 1. The van der Waals surface area contributed by atoms with Crippen molar-refractivity contribution in [3.63, 3.8) is 0 Å². The number of benzene rings is 2. The lowest BCUT2D eigenvalue weighted by Crippen LogP contribution is -2.46. The Morgan fingerprint density at radius 2 is 1.28 bits per heavy atom. The number of nitriles is 1. The predicted octanol–water partition coefficient (Wildman–Crippen LogP) is 7.95. The zero-order valence-corrected chi connectivity index (χ0v) is 35.8. The average molecular weight is 847 g/mol. The number of pyridine rings is 1. The van der Waals surface area contributed by atoms with Crippen molar-refractivity contribution in [2.45, 2.75) is 57.8 Å². The molecule has 1 fully saturated rings. The summed E-state index contributed by atoms with van der Waals surface area (Å²) >= 11 is 12.7. The number of carbonyl (C=O) groups is 1. The summed E-state index contributed by atoms with van der Waals surface area (Å²) in [5.74, 6) is 1.60. The molecule has 4 rings (SSSR count). The molecule has 15 heteroatoms. The van der Waals surface area contributed by atoms with Crippen LogP contribution in [0.3, 0.4) is 0 Å². The quantitative estimate of drug-likeness (QED) is 0.0496. The van der Waals surface area contributed by atoms with Crippen LogP contribution in [-0.4, -0.2) is 134 Å². The van der Waals surface area contributed by atoms with Gasteiger partial charge in [-0.1, -0.05) is 42.5 Å². The largest absolute Gasteiger partial charge is 0.495 e. The molecule has 0 unspecified atom stereocenters. The van der Waals surface area contributed by atoms with E-state index in [-0.39, 0.29) is 0 Å². The molecule has 1 saturated heterocycles. The molecule has 0 bridgehead atoms. The van der Waals surface area contributed by atoms with Crippen LogP contribution in [0.1, 0.15) is 63.4 Å². The van der Waals surface area contributed by atoms with E-state index >= 15 is 0 Å². The van der Waals surface area contributed by atoms with E-state index in [4.69, 9.17) is 56.4 Å². The number of methoxy groups -OCH3 is 2. The van der Waals surface area contributed by atoms with Crippen LogP contribution in [0, 0.1) is 11.3 Å². The van der Waals surface area contributed by atoms with Crippen molar-refractivity contribution in [1.82, 2.24) is 14.8 Å². The minimum Gasteiger partial charge on any atom is -0.495 e. The first-order chi connectivity index (χ1) is 28.5. The molecule has 3 aromatic rings. The molecule has 0 spiro atoms. The highest BCUT2D eigenvalue weighted by atomic mass is 35.5. The predicted molar refractivity (Wildman–Crippen MR) is 229 cm³/mol. The minimum atomic E-state index is 0.348. The van der Waals surface area contributed by atoms with Gasteiger partial charge >= 0.3 is 0 Å². The standard InChI is InChI=1S/C43H61Cl2N5O8/c1-52-40-31-39(36(44)29-37(40)45)48-43-34(32-46)33-47-38-30-42(41(53-2)28-35(38)43)58-21-11-13-50-16-14-49(15-17-50)12-7-3-5-9-19-54-22-24-56-26-27-57-25-23-55-20-10-6-4-8-18-51/h18,28-31,33H,3-17,19-27H2,1-2H3,(H,47,48). The number of nitrogens with zero attached hydrogens (tertiary/aromatic N) is 4. The molecular weight excluding hydrogens is 785 g/mol. The molecule has 320 valence electrons. The van der Waals surface area contributed by atoms with Crippen LogP contribution in [0.15, 0.2) is 30.5 Å². The summed E-state index contributed by atoms with van der Waals surface area (Å²) < 4.78 is 39.6. The summed E-state index contributed by atoms with van der Waals surface area (Å²) in [6.07, 6.45) is 11.7. The maximum absolute atomic E-state index is 10.3. The van der Waals surface area contributed by atoms with E-state index in [0.29, 0.717) is 108 Å². The van der Waals surface area contributed by atoms with Gasteiger partial charge in [-0.15, -0.1) is 0 Å². The molecule has 0 aliphatic carbocycles. The zero-order chi connectivity index (χ0) is 41.2. The fourth-order valence-corrected chi connectivity index (χ4v) is 7.09. The van der Waals surface area contributed by atoms with Crippen molar-refractivity contribution in [3.8, 4) is 23.3 Å². The molecule has 1 aliphatic rings. The lowest BCUT2D eigenvalue weighted by Gasteiger charge is -2.34. The summed E-state index contributed by atoms with van der Waals surface area (Å²) in [6, 6.07) is 9.17. The van der Waals surface area contributed by atoms with Crippen molar-refractivity contribution in [2.24, 2.45) is 0 Å². The van der Waals surface area contributed by atoms with Gasteiger partial charge in [-0.05, 0) is 50.8 Å². The number of aldehydes is 1. The zero-order valence-electron chi connectivity index (χ0n) is 34.2. The number of piperazine rings is 1. The normalized spacial score (nSPS) is 13.4. The third-order valence-corrected chi connectivity index (χ3v) is 10.5. The monoisotopic (exact) mass is 845 g/mol. The van der Waals surface area contributed by atoms with Gasteiger partial charge < -0.3 is 53.1 Å². The van der Waals surface area contributed by atoms with Gasteiger partial charge in [0.2, 0.25) is 0 Å². The Morgan fingerprint density at radius 1 is 0.690 bits per heavy atom. The Hall–Kier alpha value is -3.45. The summed E-state index contributed by atoms with van der Waals surface area (Å²) in [5, 5.41) is 14.6. The molecule has 1 N–H and O–H groups in total. The second-order valence-corrected chi connectivity index (χ2v) is 14.8. The third-order valence-electron chi connectivity index (χ3n) is 9.86. The molecule has 0 amide bonds. The fraction of sp³-hybridized carbons (Fsp3) is 0.605. The molecule has 1 aromatic heterocycles. The second-order valence-electron chi connectivity index (χ2n) is 14.0. The number of halogens is 2. The molecule has 0 radical (unpaired) electrons. The van der Waals surface area contributed by atoms with Gasteiger partial charge in [-0.25, -0.2) is 0 Å². The van der Waals surface area contributed by atoms with Gasteiger partial charge in [-0.3, -0.25) is 4.98 Å².